The van der Waals surface area contributed by atoms with E-state index in [0.717, 1.165) is 6.07 Å². The minimum absolute atomic E-state index is 0.00299. The SMILES string of the molecule is Cc1c(CCC(=O)N[C@@H](C)CC(=O)O)c2cc(O)c(F)cc2n1C(=O)c1ccc(Cl)c(Cl)c1. The number of carboxylic acids is 1. The number of nitrogens with one attached hydrogen (secondary N) is 1. The Labute approximate surface area is 198 Å². The van der Waals surface area contributed by atoms with Crippen LogP contribution in [0.15, 0.2) is 30.3 Å². The second-order valence-electron chi connectivity index (χ2n) is 7.72. The zero-order valence-electron chi connectivity index (χ0n) is 17.8. The van der Waals surface area contributed by atoms with Crippen molar-refractivity contribution in [2.45, 2.75) is 39.2 Å². The number of carbonyl (C=O) groups is 3. The Kier molecular flexibility index (Phi) is 7.29. The molecule has 33 heavy (non-hydrogen) atoms. The van der Waals surface area contributed by atoms with Crippen molar-refractivity contribution in [2.24, 2.45) is 0 Å². The Morgan fingerprint density at radius 2 is 1.85 bits per heavy atom. The third-order valence-electron chi connectivity index (χ3n) is 5.26. The van der Waals surface area contributed by atoms with Gasteiger partial charge in [0.15, 0.2) is 11.6 Å². The molecule has 0 saturated heterocycles. The molecule has 0 fully saturated rings. The van der Waals surface area contributed by atoms with Crippen molar-refractivity contribution in [3.63, 3.8) is 0 Å². The highest BCUT2D eigenvalue weighted by atomic mass is 35.5. The summed E-state index contributed by atoms with van der Waals surface area (Å²) in [6, 6.07) is 6.11. The number of nitrogens with zero attached hydrogens (tertiary/aromatic N) is 1. The van der Waals surface area contributed by atoms with Gasteiger partial charge in [-0.3, -0.25) is 19.0 Å². The summed E-state index contributed by atoms with van der Waals surface area (Å²) in [6.07, 6.45) is -0.0287. The summed E-state index contributed by atoms with van der Waals surface area (Å²) < 4.78 is 15.5. The first-order chi connectivity index (χ1) is 15.5. The zero-order chi connectivity index (χ0) is 24.4. The quantitative estimate of drug-likeness (QED) is 0.440. The van der Waals surface area contributed by atoms with Crippen LogP contribution in [-0.4, -0.2) is 38.6 Å². The van der Waals surface area contributed by atoms with Gasteiger partial charge in [0.05, 0.1) is 22.0 Å². The van der Waals surface area contributed by atoms with Gasteiger partial charge in [-0.05, 0) is 50.1 Å². The minimum Gasteiger partial charge on any atom is -0.505 e. The lowest BCUT2D eigenvalue weighted by Gasteiger charge is -2.11. The maximum absolute atomic E-state index is 14.2. The van der Waals surface area contributed by atoms with Gasteiger partial charge < -0.3 is 15.5 Å². The first-order valence-electron chi connectivity index (χ1n) is 10.0. The number of halogens is 3. The average Bonchev–Trinajstić information content (AvgIpc) is 2.98. The van der Waals surface area contributed by atoms with Crippen LogP contribution in [0, 0.1) is 12.7 Å². The smallest absolute Gasteiger partial charge is 0.305 e. The van der Waals surface area contributed by atoms with E-state index in [0.29, 0.717) is 16.6 Å². The summed E-state index contributed by atoms with van der Waals surface area (Å²) in [4.78, 5) is 36.4. The Morgan fingerprint density at radius 3 is 2.48 bits per heavy atom. The van der Waals surface area contributed by atoms with Crippen LogP contribution in [0.25, 0.3) is 10.9 Å². The van der Waals surface area contributed by atoms with Crippen molar-refractivity contribution in [2.75, 3.05) is 0 Å². The number of hydrogen-bond acceptors (Lipinski definition) is 4. The lowest BCUT2D eigenvalue weighted by atomic mass is 10.0. The van der Waals surface area contributed by atoms with E-state index < -0.39 is 29.5 Å². The summed E-state index contributed by atoms with van der Waals surface area (Å²) in [6.45, 7) is 3.24. The van der Waals surface area contributed by atoms with Crippen molar-refractivity contribution in [1.82, 2.24) is 9.88 Å². The molecule has 1 aromatic heterocycles. The summed E-state index contributed by atoms with van der Waals surface area (Å²) in [5.74, 6) is -3.35. The largest absolute Gasteiger partial charge is 0.505 e. The third kappa shape index (κ3) is 5.29. The molecule has 2 aromatic carbocycles. The molecule has 174 valence electrons. The van der Waals surface area contributed by atoms with Crippen molar-refractivity contribution < 1.29 is 29.0 Å². The number of phenolic OH excluding ortho intramolecular Hbond substituents is 1. The number of carbonyl (C=O) groups excluding carboxylic acids is 2. The Bertz CT molecular complexity index is 1270. The molecular weight excluding hydrogens is 474 g/mol. The highest BCUT2D eigenvalue weighted by molar-refractivity contribution is 6.42. The molecule has 7 nitrogen and oxygen atoms in total. The lowest BCUT2D eigenvalue weighted by molar-refractivity contribution is -0.137. The normalized spacial score (nSPS) is 12.0. The molecule has 1 amide bonds. The molecule has 0 aliphatic rings. The molecule has 3 N–H and O–H groups in total. The molecule has 0 aliphatic carbocycles. The van der Waals surface area contributed by atoms with Gasteiger partial charge in [-0.1, -0.05) is 23.2 Å². The van der Waals surface area contributed by atoms with Crippen molar-refractivity contribution in [1.29, 1.82) is 0 Å². The number of fused-ring (bicyclic) bond motifs is 1. The van der Waals surface area contributed by atoms with E-state index in [4.69, 9.17) is 28.3 Å². The van der Waals surface area contributed by atoms with Crippen LogP contribution in [0.5, 0.6) is 5.75 Å². The summed E-state index contributed by atoms with van der Waals surface area (Å²) in [5, 5.41) is 22.2. The van der Waals surface area contributed by atoms with Crippen LogP contribution in [0.3, 0.4) is 0 Å². The molecule has 1 heterocycles. The van der Waals surface area contributed by atoms with Crippen molar-refractivity contribution in [3.05, 3.63) is 63.0 Å². The van der Waals surface area contributed by atoms with Crippen LogP contribution >= 0.6 is 23.2 Å². The highest BCUT2D eigenvalue weighted by Crippen LogP contribution is 2.33. The van der Waals surface area contributed by atoms with E-state index in [1.807, 2.05) is 0 Å². The number of aromatic nitrogens is 1. The topological polar surface area (TPSA) is 109 Å². The van der Waals surface area contributed by atoms with Crippen LogP contribution in [-0.2, 0) is 16.0 Å². The van der Waals surface area contributed by atoms with Crippen LogP contribution < -0.4 is 5.32 Å². The van der Waals surface area contributed by atoms with E-state index in [-0.39, 0.29) is 46.3 Å². The number of rotatable bonds is 7. The molecule has 1 atom stereocenters. The monoisotopic (exact) mass is 494 g/mol. The number of aromatic hydroxyl groups is 1. The Balaban J connectivity index is 1.99. The predicted molar refractivity (Wildman–Crippen MR) is 123 cm³/mol. The van der Waals surface area contributed by atoms with E-state index in [9.17, 15) is 23.9 Å². The fourth-order valence-corrected chi connectivity index (χ4v) is 4.02. The minimum atomic E-state index is -1.03. The molecule has 3 aromatic rings. The average molecular weight is 495 g/mol. The number of hydrogen-bond donors (Lipinski definition) is 3. The second kappa shape index (κ2) is 9.80. The van der Waals surface area contributed by atoms with Gasteiger partial charge in [0.1, 0.15) is 0 Å². The molecule has 0 unspecified atom stereocenters. The molecular formula is C23H21Cl2FN2O5. The van der Waals surface area contributed by atoms with Gasteiger partial charge >= 0.3 is 5.97 Å². The zero-order valence-corrected chi connectivity index (χ0v) is 19.3. The maximum atomic E-state index is 14.2. The van der Waals surface area contributed by atoms with Crippen LogP contribution in [0.4, 0.5) is 4.39 Å². The highest BCUT2D eigenvalue weighted by Gasteiger charge is 2.23. The van der Waals surface area contributed by atoms with E-state index in [2.05, 4.69) is 5.32 Å². The molecule has 3 rings (SSSR count). The van der Waals surface area contributed by atoms with Gasteiger partial charge in [-0.2, -0.15) is 0 Å². The van der Waals surface area contributed by atoms with Crippen LogP contribution in [0.1, 0.15) is 41.4 Å². The Hall–Kier alpha value is -3.10. The lowest BCUT2D eigenvalue weighted by Crippen LogP contribution is -2.34. The number of aliphatic carboxylic acids is 1. The van der Waals surface area contributed by atoms with E-state index >= 15 is 0 Å². The van der Waals surface area contributed by atoms with Gasteiger partial charge in [0, 0.05) is 35.2 Å². The molecule has 0 radical (unpaired) electrons. The number of aryl methyl sites for hydroxylation is 1. The summed E-state index contributed by atoms with van der Waals surface area (Å²) in [5.41, 5.74) is 1.51. The molecule has 0 aliphatic heterocycles. The third-order valence-corrected chi connectivity index (χ3v) is 6.00. The van der Waals surface area contributed by atoms with E-state index in [1.165, 1.54) is 28.8 Å². The number of phenols is 1. The predicted octanol–water partition coefficient (Wildman–Crippen LogP) is 4.70. The number of amides is 1. The maximum Gasteiger partial charge on any atom is 0.305 e. The fourth-order valence-electron chi connectivity index (χ4n) is 3.72. The molecule has 0 saturated carbocycles. The van der Waals surface area contributed by atoms with Crippen LogP contribution in [0.2, 0.25) is 10.0 Å². The first-order valence-corrected chi connectivity index (χ1v) is 10.8. The Morgan fingerprint density at radius 1 is 1.15 bits per heavy atom. The number of benzene rings is 2. The van der Waals surface area contributed by atoms with Gasteiger partial charge in [-0.25, -0.2) is 4.39 Å². The van der Waals surface area contributed by atoms with Crippen molar-refractivity contribution >= 4 is 51.9 Å². The van der Waals surface area contributed by atoms with E-state index in [1.54, 1.807) is 13.8 Å². The molecule has 0 bridgehead atoms. The standard InChI is InChI=1S/C23H21Cl2FN2O5/c1-11(7-22(31)32)27-21(30)6-4-14-12(2)28(19-10-18(26)20(29)9-15(14)19)23(33)13-3-5-16(24)17(25)8-13/h3,5,8-11,29H,4,6-7H2,1-2H3,(H,27,30)(H,31,32)/t11-/m0/s1. The van der Waals surface area contributed by atoms with Gasteiger partial charge in [0.25, 0.3) is 5.91 Å². The number of carboxylic acid groups (broad SMARTS) is 1. The second-order valence-corrected chi connectivity index (χ2v) is 8.54. The van der Waals surface area contributed by atoms with Crippen molar-refractivity contribution in [3.8, 4) is 5.75 Å². The molecule has 10 heteroatoms. The summed E-state index contributed by atoms with van der Waals surface area (Å²) in [7, 11) is 0. The van der Waals surface area contributed by atoms with Gasteiger partial charge in [-0.15, -0.1) is 0 Å². The summed E-state index contributed by atoms with van der Waals surface area (Å²) >= 11 is 12.0. The van der Waals surface area contributed by atoms with Gasteiger partial charge in [0.2, 0.25) is 5.91 Å². The fraction of sp³-hybridized carbons (Fsp3) is 0.261. The first kappa shape index (κ1) is 24.5. The molecule has 0 spiro atoms.